The van der Waals surface area contributed by atoms with E-state index < -0.39 is 7.32 Å². The maximum atomic E-state index is 8.34. The van der Waals surface area contributed by atoms with Gasteiger partial charge in [-0.05, 0) is 12.1 Å². The van der Waals surface area contributed by atoms with E-state index in [-0.39, 0.29) is 13.2 Å². The van der Waals surface area contributed by atoms with Crippen LogP contribution in [0.25, 0.3) is 0 Å². The number of rotatable bonds is 3. The van der Waals surface area contributed by atoms with Crippen molar-refractivity contribution in [1.82, 2.24) is 0 Å². The van der Waals surface area contributed by atoms with E-state index in [0.29, 0.717) is 5.75 Å². The van der Waals surface area contributed by atoms with E-state index in [2.05, 4.69) is 4.65 Å². The molecule has 5 nitrogen and oxygen atoms in total. The summed E-state index contributed by atoms with van der Waals surface area (Å²) < 4.78 is 4.53. The van der Waals surface area contributed by atoms with Gasteiger partial charge in [-0.25, -0.2) is 0 Å². The number of aliphatic hydroxyl groups is 2. The summed E-state index contributed by atoms with van der Waals surface area (Å²) in [4.78, 5) is 0. The molecule has 0 amide bonds. The number of benzene rings is 1. The Bertz CT molecular complexity index is 214. The second-order valence-corrected chi connectivity index (χ2v) is 2.20. The van der Waals surface area contributed by atoms with Crippen molar-refractivity contribution in [3.05, 3.63) is 30.3 Å². The lowest BCUT2D eigenvalue weighted by Crippen LogP contribution is -2.20. The van der Waals surface area contributed by atoms with E-state index in [1.807, 2.05) is 6.07 Å². The van der Waals surface area contributed by atoms with Crippen LogP contribution in [-0.2, 0) is 0 Å². The van der Waals surface area contributed by atoms with Gasteiger partial charge in [0.05, 0.1) is 13.2 Å². The molecule has 0 saturated heterocycles. The summed E-state index contributed by atoms with van der Waals surface area (Å²) in [7, 11) is -1.73. The van der Waals surface area contributed by atoms with Crippen LogP contribution in [0.15, 0.2) is 30.3 Å². The first-order valence-corrected chi connectivity index (χ1v) is 4.00. The Kier molecular flexibility index (Phi) is 7.87. The van der Waals surface area contributed by atoms with E-state index in [0.717, 1.165) is 0 Å². The van der Waals surface area contributed by atoms with Crippen molar-refractivity contribution in [3.8, 4) is 5.75 Å². The zero-order valence-electron chi connectivity index (χ0n) is 7.58. The predicted octanol–water partition coefficient (Wildman–Crippen LogP) is -0.994. The molecule has 0 unspecified atom stereocenters. The third kappa shape index (κ3) is 7.57. The minimum Gasteiger partial charge on any atom is -0.512 e. The molecule has 0 spiro atoms. The summed E-state index contributed by atoms with van der Waals surface area (Å²) in [6.07, 6.45) is 0. The Hall–Kier alpha value is -1.08. The molecule has 0 aliphatic rings. The fourth-order valence-corrected chi connectivity index (χ4v) is 0.621. The molecule has 0 aromatic heterocycles. The summed E-state index contributed by atoms with van der Waals surface area (Å²) in [5.74, 6) is 0.442. The molecule has 0 fully saturated rings. The highest BCUT2D eigenvalue weighted by atomic mass is 16.6. The van der Waals surface area contributed by atoms with E-state index >= 15 is 0 Å². The topological polar surface area (TPSA) is 90.2 Å². The van der Waals surface area contributed by atoms with Crippen LogP contribution in [-0.4, -0.2) is 40.8 Å². The normalized spacial score (nSPS) is 8.57. The second-order valence-electron chi connectivity index (χ2n) is 2.20. The van der Waals surface area contributed by atoms with Crippen molar-refractivity contribution < 1.29 is 24.9 Å². The molecule has 1 aromatic carbocycles. The van der Waals surface area contributed by atoms with E-state index in [1.54, 1.807) is 24.3 Å². The van der Waals surface area contributed by atoms with Gasteiger partial charge < -0.3 is 24.9 Å². The highest BCUT2D eigenvalue weighted by Crippen LogP contribution is 2.07. The molecule has 0 atom stereocenters. The molecule has 0 bridgehead atoms. The summed E-state index contributed by atoms with van der Waals surface area (Å²) in [5, 5.41) is 31.9. The molecule has 1 aromatic rings. The van der Waals surface area contributed by atoms with Crippen LogP contribution in [0.1, 0.15) is 0 Å². The molecular weight excluding hydrogens is 187 g/mol. The zero-order chi connectivity index (χ0) is 10.8. The van der Waals surface area contributed by atoms with Crippen LogP contribution in [0.4, 0.5) is 0 Å². The molecule has 14 heavy (non-hydrogen) atoms. The highest BCUT2D eigenvalue weighted by molar-refractivity contribution is 6.33. The van der Waals surface area contributed by atoms with Gasteiger partial charge >= 0.3 is 7.32 Å². The van der Waals surface area contributed by atoms with Gasteiger partial charge in [-0.2, -0.15) is 0 Å². The summed E-state index contributed by atoms with van der Waals surface area (Å²) >= 11 is 0. The van der Waals surface area contributed by atoms with Crippen LogP contribution >= 0.6 is 0 Å². The molecule has 1 rings (SSSR count). The third-order valence-corrected chi connectivity index (χ3v) is 1.08. The Labute approximate surface area is 82.4 Å². The molecule has 0 radical (unpaired) electrons. The Morgan fingerprint density at radius 2 is 1.50 bits per heavy atom. The standard InChI is InChI=1S/C6H7BO3.C2H6O2/c8-7(9)10-6-4-2-1-3-5-6;3-1-2-4/h1-5,8-9H;3-4H,1-2H2. The minimum atomic E-state index is -1.73. The maximum Gasteiger partial charge on any atom is 0.707 e. The molecule has 78 valence electrons. The number of aliphatic hydroxyl groups excluding tert-OH is 2. The zero-order valence-corrected chi connectivity index (χ0v) is 7.58. The monoisotopic (exact) mass is 200 g/mol. The SMILES string of the molecule is OB(O)Oc1ccccc1.OCCO. The Balaban J connectivity index is 0.000000364. The van der Waals surface area contributed by atoms with Gasteiger partial charge in [0, 0.05) is 0 Å². The average molecular weight is 200 g/mol. The van der Waals surface area contributed by atoms with Gasteiger partial charge in [-0.1, -0.05) is 18.2 Å². The summed E-state index contributed by atoms with van der Waals surface area (Å²) in [5.41, 5.74) is 0. The van der Waals surface area contributed by atoms with Gasteiger partial charge in [-0.15, -0.1) is 0 Å². The molecule has 0 heterocycles. The van der Waals surface area contributed by atoms with Crippen LogP contribution in [0.2, 0.25) is 0 Å². The van der Waals surface area contributed by atoms with Gasteiger partial charge in [0.2, 0.25) is 0 Å². The van der Waals surface area contributed by atoms with Crippen molar-refractivity contribution in [2.45, 2.75) is 0 Å². The van der Waals surface area contributed by atoms with E-state index in [9.17, 15) is 0 Å². The number of para-hydroxylation sites is 1. The Morgan fingerprint density at radius 1 is 1.00 bits per heavy atom. The highest BCUT2D eigenvalue weighted by Gasteiger charge is 2.09. The second kappa shape index (κ2) is 8.52. The average Bonchev–Trinajstić information content (AvgIpc) is 2.19. The molecular formula is C8H13BO5. The minimum absolute atomic E-state index is 0.125. The smallest absolute Gasteiger partial charge is 0.512 e. The molecule has 0 aliphatic carbocycles. The largest absolute Gasteiger partial charge is 0.707 e. The van der Waals surface area contributed by atoms with Crippen molar-refractivity contribution in [1.29, 1.82) is 0 Å². The van der Waals surface area contributed by atoms with E-state index in [4.69, 9.17) is 20.3 Å². The third-order valence-electron chi connectivity index (χ3n) is 1.08. The lowest BCUT2D eigenvalue weighted by Gasteiger charge is -2.01. The fourth-order valence-electron chi connectivity index (χ4n) is 0.621. The lowest BCUT2D eigenvalue weighted by molar-refractivity contribution is 0.186. The van der Waals surface area contributed by atoms with Crippen molar-refractivity contribution >= 4 is 7.32 Å². The summed E-state index contributed by atoms with van der Waals surface area (Å²) in [6, 6.07) is 8.59. The van der Waals surface area contributed by atoms with Gasteiger partial charge in [0.15, 0.2) is 0 Å². The lowest BCUT2D eigenvalue weighted by atomic mass is 10.2. The number of hydrogen-bond donors (Lipinski definition) is 4. The van der Waals surface area contributed by atoms with Crippen LogP contribution in [0, 0.1) is 0 Å². The first-order chi connectivity index (χ1) is 6.70. The first-order valence-electron chi connectivity index (χ1n) is 4.00. The van der Waals surface area contributed by atoms with Crippen molar-refractivity contribution in [3.63, 3.8) is 0 Å². The van der Waals surface area contributed by atoms with Crippen molar-refractivity contribution in [2.24, 2.45) is 0 Å². The van der Waals surface area contributed by atoms with Gasteiger partial charge in [0.25, 0.3) is 0 Å². The molecule has 0 aliphatic heterocycles. The number of hydrogen-bond acceptors (Lipinski definition) is 5. The van der Waals surface area contributed by atoms with Gasteiger partial charge in [0.1, 0.15) is 5.75 Å². The molecule has 0 saturated carbocycles. The van der Waals surface area contributed by atoms with E-state index in [1.165, 1.54) is 0 Å². The molecule has 6 heteroatoms. The Morgan fingerprint density at radius 3 is 1.86 bits per heavy atom. The fraction of sp³-hybridized carbons (Fsp3) is 0.250. The van der Waals surface area contributed by atoms with Gasteiger partial charge in [-0.3, -0.25) is 0 Å². The first kappa shape index (κ1) is 12.9. The molecule has 4 N–H and O–H groups in total. The quantitative estimate of drug-likeness (QED) is 0.470. The predicted molar refractivity (Wildman–Crippen MR) is 51.4 cm³/mol. The van der Waals surface area contributed by atoms with Crippen LogP contribution in [0.5, 0.6) is 5.75 Å². The van der Waals surface area contributed by atoms with Crippen LogP contribution < -0.4 is 4.65 Å². The maximum absolute atomic E-state index is 8.34. The summed E-state index contributed by atoms with van der Waals surface area (Å²) in [6.45, 7) is -0.250. The van der Waals surface area contributed by atoms with Crippen LogP contribution in [0.3, 0.4) is 0 Å². The van der Waals surface area contributed by atoms with Crippen molar-refractivity contribution in [2.75, 3.05) is 13.2 Å².